The second-order valence-electron chi connectivity index (χ2n) is 7.33. The highest BCUT2D eigenvalue weighted by Crippen LogP contribution is 2.41. The number of aryl methyl sites for hydroxylation is 1. The summed E-state index contributed by atoms with van der Waals surface area (Å²) < 4.78 is 41.1. The molecule has 1 unspecified atom stereocenters. The van der Waals surface area contributed by atoms with Gasteiger partial charge in [-0.05, 0) is 53.4 Å². The van der Waals surface area contributed by atoms with Crippen LogP contribution in [-0.4, -0.2) is 16.9 Å². The van der Waals surface area contributed by atoms with Crippen LogP contribution in [0.3, 0.4) is 0 Å². The lowest BCUT2D eigenvalue weighted by Crippen LogP contribution is -2.19. The van der Waals surface area contributed by atoms with Gasteiger partial charge >= 0.3 is 6.18 Å². The number of hydrogen-bond acceptors (Lipinski definition) is 2. The van der Waals surface area contributed by atoms with Gasteiger partial charge in [0.25, 0.3) is 0 Å². The lowest BCUT2D eigenvalue weighted by atomic mass is 9.96. The summed E-state index contributed by atoms with van der Waals surface area (Å²) in [5, 5.41) is 0.329. The van der Waals surface area contributed by atoms with E-state index in [-0.39, 0.29) is 43.4 Å². The molecule has 0 radical (unpaired) electrons. The van der Waals surface area contributed by atoms with Crippen molar-refractivity contribution < 1.29 is 18.0 Å². The molecule has 1 atom stereocenters. The van der Waals surface area contributed by atoms with Crippen LogP contribution in [0.4, 0.5) is 13.2 Å². The molecule has 178 valence electrons. The maximum absolute atomic E-state index is 13.7. The molecule has 0 aliphatic heterocycles. The van der Waals surface area contributed by atoms with Crippen LogP contribution in [0.1, 0.15) is 39.4 Å². The third kappa shape index (κ3) is 6.89. The van der Waals surface area contributed by atoms with E-state index in [1.54, 1.807) is 18.3 Å². The number of Topliss-reactive ketones (excluding diaryl/α,β-unsaturated/α-hetero) is 1. The predicted molar refractivity (Wildman–Crippen MR) is 133 cm³/mol. The van der Waals surface area contributed by atoms with Crippen molar-refractivity contribution in [3.8, 4) is 0 Å². The molecule has 3 aromatic rings. The summed E-state index contributed by atoms with van der Waals surface area (Å²) in [6.07, 6.45) is -0.145. The Hall–Kier alpha value is -1.76. The molecule has 1 heterocycles. The molecule has 3 rings (SSSR count). The van der Waals surface area contributed by atoms with Crippen LogP contribution in [0.2, 0.25) is 25.2 Å². The summed E-state index contributed by atoms with van der Waals surface area (Å²) in [7, 11) is 0. The highest BCUT2D eigenvalue weighted by Gasteiger charge is 2.39. The highest BCUT2D eigenvalue weighted by molar-refractivity contribution is 6.48. The van der Waals surface area contributed by atoms with Crippen molar-refractivity contribution >= 4 is 69.9 Å². The number of carbonyl (C=O) groups excluding carboxylic acids is 1. The van der Waals surface area contributed by atoms with Gasteiger partial charge in [-0.25, -0.2) is 4.98 Å². The van der Waals surface area contributed by atoms with Crippen molar-refractivity contribution in [2.45, 2.75) is 24.9 Å². The Balaban J connectivity index is 1.77. The van der Waals surface area contributed by atoms with Gasteiger partial charge < -0.3 is 0 Å². The maximum atomic E-state index is 13.7. The molecule has 0 aliphatic carbocycles. The molecule has 0 amide bonds. The zero-order chi connectivity index (χ0) is 25.0. The minimum atomic E-state index is -4.60. The fourth-order valence-corrected chi connectivity index (χ4v) is 4.20. The van der Waals surface area contributed by atoms with Crippen molar-refractivity contribution in [3.63, 3.8) is 0 Å². The van der Waals surface area contributed by atoms with E-state index in [9.17, 15) is 18.0 Å². The SMILES string of the molecule is O=C(CCc1ccc(Cl)nc1)c1ccc(/C=C/C(c2cc(Cl)c(Cl)c(Cl)c2)C(F)(F)F)cc1Cl. The first kappa shape index (κ1) is 26.8. The third-order valence-electron chi connectivity index (χ3n) is 4.92. The van der Waals surface area contributed by atoms with Crippen LogP contribution in [-0.2, 0) is 6.42 Å². The number of ketones is 1. The number of rotatable bonds is 7. The number of pyridine rings is 1. The summed E-state index contributed by atoms with van der Waals surface area (Å²) in [5.41, 5.74) is 1.36. The largest absolute Gasteiger partial charge is 0.399 e. The molecule has 1 aromatic heterocycles. The summed E-state index contributed by atoms with van der Waals surface area (Å²) >= 11 is 29.7. The second kappa shape index (κ2) is 11.3. The summed E-state index contributed by atoms with van der Waals surface area (Å²) in [5.74, 6) is -2.18. The Kier molecular flexibility index (Phi) is 8.93. The second-order valence-corrected chi connectivity index (χ2v) is 9.32. The molecule has 0 aliphatic rings. The molecule has 0 saturated carbocycles. The topological polar surface area (TPSA) is 30.0 Å². The van der Waals surface area contributed by atoms with Crippen LogP contribution in [0.25, 0.3) is 6.08 Å². The van der Waals surface area contributed by atoms with Crippen LogP contribution in [0.5, 0.6) is 0 Å². The number of hydrogen-bond donors (Lipinski definition) is 0. The molecular formula is C24H15Cl5F3NO. The molecule has 0 saturated heterocycles. The summed E-state index contributed by atoms with van der Waals surface area (Å²) in [6.45, 7) is 0. The van der Waals surface area contributed by atoms with Crippen LogP contribution in [0, 0.1) is 0 Å². The van der Waals surface area contributed by atoms with Crippen molar-refractivity contribution in [3.05, 3.63) is 102 Å². The molecule has 0 N–H and O–H groups in total. The minimum Gasteiger partial charge on any atom is -0.294 e. The van der Waals surface area contributed by atoms with Crippen molar-refractivity contribution in [2.24, 2.45) is 0 Å². The molecule has 2 nitrogen and oxygen atoms in total. The van der Waals surface area contributed by atoms with E-state index >= 15 is 0 Å². The Morgan fingerprint density at radius 2 is 1.62 bits per heavy atom. The zero-order valence-corrected chi connectivity index (χ0v) is 20.9. The van der Waals surface area contributed by atoms with E-state index in [1.807, 2.05) is 0 Å². The van der Waals surface area contributed by atoms with E-state index in [0.29, 0.717) is 17.1 Å². The van der Waals surface area contributed by atoms with E-state index < -0.39 is 12.1 Å². The average molecular weight is 568 g/mol. The maximum Gasteiger partial charge on any atom is 0.399 e. The highest BCUT2D eigenvalue weighted by atomic mass is 35.5. The molecule has 0 bridgehead atoms. The van der Waals surface area contributed by atoms with Gasteiger partial charge in [0.15, 0.2) is 5.78 Å². The van der Waals surface area contributed by atoms with Gasteiger partial charge in [0.1, 0.15) is 5.15 Å². The van der Waals surface area contributed by atoms with Gasteiger partial charge in [0.05, 0.1) is 26.0 Å². The van der Waals surface area contributed by atoms with Gasteiger partial charge in [0.2, 0.25) is 0 Å². The molecule has 10 heteroatoms. The third-order valence-corrected chi connectivity index (χ3v) is 6.66. The first-order valence-electron chi connectivity index (χ1n) is 9.78. The standard InChI is InChI=1S/C24H15Cl5F3NO/c25-18-9-13(1-5-16(18)21(34)7-3-14-4-8-22(28)33-12-14)2-6-17(24(30,31)32)15-10-19(26)23(29)20(27)11-15/h1-2,4-6,8-12,17H,3,7H2/b6-2+. The van der Waals surface area contributed by atoms with E-state index in [4.69, 9.17) is 58.0 Å². The Morgan fingerprint density at radius 1 is 0.941 bits per heavy atom. The molecule has 0 fully saturated rings. The Labute approximate surface area is 219 Å². The van der Waals surface area contributed by atoms with Crippen molar-refractivity contribution in [1.82, 2.24) is 4.98 Å². The fourth-order valence-electron chi connectivity index (χ4n) is 3.18. The number of aromatic nitrogens is 1. The average Bonchev–Trinajstić information content (AvgIpc) is 2.76. The fraction of sp³-hybridized carbons (Fsp3) is 0.167. The predicted octanol–water partition coefficient (Wildman–Crippen LogP) is 9.52. The van der Waals surface area contributed by atoms with E-state index in [0.717, 1.165) is 23.8 Å². The number of benzene rings is 2. The van der Waals surface area contributed by atoms with Gasteiger partial charge in [-0.2, -0.15) is 13.2 Å². The van der Waals surface area contributed by atoms with Crippen molar-refractivity contribution in [2.75, 3.05) is 0 Å². The van der Waals surface area contributed by atoms with Gasteiger partial charge in [-0.15, -0.1) is 0 Å². The smallest absolute Gasteiger partial charge is 0.294 e. The molecule has 34 heavy (non-hydrogen) atoms. The number of carbonyl (C=O) groups is 1. The number of halogens is 8. The lowest BCUT2D eigenvalue weighted by Gasteiger charge is -2.18. The van der Waals surface area contributed by atoms with E-state index in [1.165, 1.54) is 24.3 Å². The first-order valence-corrected chi connectivity index (χ1v) is 11.7. The lowest BCUT2D eigenvalue weighted by molar-refractivity contribution is -0.139. The number of nitrogens with zero attached hydrogens (tertiary/aromatic N) is 1. The Morgan fingerprint density at radius 3 is 2.18 bits per heavy atom. The normalized spacial score (nSPS) is 12.8. The van der Waals surface area contributed by atoms with Crippen LogP contribution in [0.15, 0.2) is 54.7 Å². The summed E-state index contributed by atoms with van der Waals surface area (Å²) in [4.78, 5) is 16.5. The molecule has 2 aromatic carbocycles. The summed E-state index contributed by atoms with van der Waals surface area (Å²) in [6, 6.07) is 10.1. The number of allylic oxidation sites excluding steroid dienone is 1. The van der Waals surface area contributed by atoms with Gasteiger partial charge in [-0.3, -0.25) is 4.79 Å². The molecular weight excluding hydrogens is 553 g/mol. The monoisotopic (exact) mass is 565 g/mol. The van der Waals surface area contributed by atoms with Crippen LogP contribution < -0.4 is 0 Å². The zero-order valence-electron chi connectivity index (χ0n) is 17.1. The van der Waals surface area contributed by atoms with Gasteiger partial charge in [-0.1, -0.05) is 82.3 Å². The number of alkyl halides is 3. The molecule has 0 spiro atoms. The van der Waals surface area contributed by atoms with E-state index in [2.05, 4.69) is 4.98 Å². The van der Waals surface area contributed by atoms with Gasteiger partial charge in [0, 0.05) is 18.2 Å². The Bertz CT molecular complexity index is 1200. The van der Waals surface area contributed by atoms with Crippen LogP contribution >= 0.6 is 58.0 Å². The quantitative estimate of drug-likeness (QED) is 0.162. The minimum absolute atomic E-state index is 0.0173. The van der Waals surface area contributed by atoms with Crippen molar-refractivity contribution in [1.29, 1.82) is 0 Å². The first-order chi connectivity index (χ1) is 16.0.